The Labute approximate surface area is 158 Å². The largest absolute Gasteiger partial charge is 0.320 e. The Morgan fingerprint density at radius 2 is 1.54 bits per heavy atom. The van der Waals surface area contributed by atoms with Crippen LogP contribution in [0.2, 0.25) is 0 Å². The SMILES string of the molecule is O=C(Nc1ccc(Br)cc1[N+](=O)[O-])C1c2ccccc2-c2ccccc21. The highest BCUT2D eigenvalue weighted by molar-refractivity contribution is 9.10. The first-order valence-corrected chi connectivity index (χ1v) is 8.78. The summed E-state index contributed by atoms with van der Waals surface area (Å²) in [4.78, 5) is 23.9. The lowest BCUT2D eigenvalue weighted by atomic mass is 9.96. The van der Waals surface area contributed by atoms with Gasteiger partial charge in [-0.05, 0) is 34.4 Å². The zero-order chi connectivity index (χ0) is 18.3. The van der Waals surface area contributed by atoms with E-state index in [1.54, 1.807) is 6.07 Å². The first-order valence-electron chi connectivity index (χ1n) is 7.99. The fourth-order valence-electron chi connectivity index (χ4n) is 3.40. The van der Waals surface area contributed by atoms with Crippen LogP contribution in [-0.2, 0) is 4.79 Å². The molecule has 0 atom stereocenters. The number of hydrogen-bond donors (Lipinski definition) is 1. The lowest BCUT2D eigenvalue weighted by Gasteiger charge is -2.14. The molecule has 3 aromatic carbocycles. The average Bonchev–Trinajstić information content (AvgIpc) is 2.97. The number of amides is 1. The third-order valence-corrected chi connectivity index (χ3v) is 5.00. The molecule has 1 amide bonds. The summed E-state index contributed by atoms with van der Waals surface area (Å²) in [6, 6.07) is 20.1. The molecule has 3 aromatic rings. The van der Waals surface area contributed by atoms with E-state index in [-0.39, 0.29) is 17.3 Å². The first kappa shape index (κ1) is 16.5. The molecule has 1 aliphatic rings. The molecule has 0 saturated heterocycles. The van der Waals surface area contributed by atoms with Gasteiger partial charge in [-0.3, -0.25) is 14.9 Å². The van der Waals surface area contributed by atoms with Gasteiger partial charge in [-0.2, -0.15) is 0 Å². The van der Waals surface area contributed by atoms with E-state index >= 15 is 0 Å². The lowest BCUT2D eigenvalue weighted by molar-refractivity contribution is -0.384. The van der Waals surface area contributed by atoms with Crippen molar-refractivity contribution in [2.75, 3.05) is 5.32 Å². The highest BCUT2D eigenvalue weighted by Gasteiger charge is 2.34. The Hall–Kier alpha value is -2.99. The molecule has 26 heavy (non-hydrogen) atoms. The van der Waals surface area contributed by atoms with Gasteiger partial charge in [0.25, 0.3) is 5.69 Å². The number of anilines is 1. The molecule has 128 valence electrons. The van der Waals surface area contributed by atoms with Gasteiger partial charge in [0.05, 0.1) is 10.8 Å². The van der Waals surface area contributed by atoms with Crippen molar-refractivity contribution in [3.05, 3.63) is 92.4 Å². The number of nitrogens with zero attached hydrogens (tertiary/aromatic N) is 1. The number of rotatable bonds is 3. The number of hydrogen-bond acceptors (Lipinski definition) is 3. The monoisotopic (exact) mass is 408 g/mol. The van der Waals surface area contributed by atoms with Gasteiger partial charge in [-0.15, -0.1) is 0 Å². The van der Waals surface area contributed by atoms with Gasteiger partial charge < -0.3 is 5.32 Å². The van der Waals surface area contributed by atoms with Crippen LogP contribution in [0, 0.1) is 10.1 Å². The second kappa shape index (κ2) is 6.38. The quantitative estimate of drug-likeness (QED) is 0.483. The van der Waals surface area contributed by atoms with Crippen LogP contribution >= 0.6 is 15.9 Å². The molecule has 0 unspecified atom stereocenters. The maximum atomic E-state index is 13.1. The number of halogens is 1. The van der Waals surface area contributed by atoms with Crippen LogP contribution in [-0.4, -0.2) is 10.8 Å². The molecule has 0 radical (unpaired) electrons. The number of carbonyl (C=O) groups is 1. The van der Waals surface area contributed by atoms with Crippen LogP contribution in [0.1, 0.15) is 17.0 Å². The van der Waals surface area contributed by atoms with E-state index in [4.69, 9.17) is 0 Å². The summed E-state index contributed by atoms with van der Waals surface area (Å²) >= 11 is 3.22. The summed E-state index contributed by atoms with van der Waals surface area (Å²) in [5, 5.41) is 14.0. The molecular formula is C20H13BrN2O3. The molecule has 1 aliphatic carbocycles. The van der Waals surface area contributed by atoms with Crippen molar-refractivity contribution in [1.82, 2.24) is 0 Å². The molecule has 0 bridgehead atoms. The van der Waals surface area contributed by atoms with Crippen molar-refractivity contribution in [1.29, 1.82) is 0 Å². The first-order chi connectivity index (χ1) is 12.6. The Morgan fingerprint density at radius 3 is 2.12 bits per heavy atom. The van der Waals surface area contributed by atoms with Gasteiger partial charge in [0.15, 0.2) is 0 Å². The second-order valence-electron chi connectivity index (χ2n) is 6.02. The Bertz CT molecular complexity index is 1000. The number of fused-ring (bicyclic) bond motifs is 3. The Balaban J connectivity index is 1.75. The summed E-state index contributed by atoms with van der Waals surface area (Å²) in [5.41, 5.74) is 3.90. The summed E-state index contributed by atoms with van der Waals surface area (Å²) < 4.78 is 0.582. The number of nitro benzene ring substituents is 1. The topological polar surface area (TPSA) is 72.2 Å². The van der Waals surface area contributed by atoms with Crippen molar-refractivity contribution in [2.45, 2.75) is 5.92 Å². The fraction of sp³-hybridized carbons (Fsp3) is 0.0500. The molecule has 0 saturated carbocycles. The van der Waals surface area contributed by atoms with Crippen molar-refractivity contribution >= 4 is 33.2 Å². The van der Waals surface area contributed by atoms with Crippen LogP contribution in [0.25, 0.3) is 11.1 Å². The molecule has 0 heterocycles. The molecule has 0 fully saturated rings. The van der Waals surface area contributed by atoms with Crippen LogP contribution in [0.5, 0.6) is 0 Å². The Morgan fingerprint density at radius 1 is 0.962 bits per heavy atom. The number of carbonyl (C=O) groups excluding carboxylic acids is 1. The lowest BCUT2D eigenvalue weighted by Crippen LogP contribution is -2.21. The van der Waals surface area contributed by atoms with Crippen molar-refractivity contribution in [2.24, 2.45) is 0 Å². The third kappa shape index (κ3) is 2.68. The van der Waals surface area contributed by atoms with Gasteiger partial charge in [0.2, 0.25) is 5.91 Å². The molecule has 0 spiro atoms. The van der Waals surface area contributed by atoms with Gasteiger partial charge in [0.1, 0.15) is 5.69 Å². The van der Waals surface area contributed by atoms with Crippen molar-refractivity contribution in [3.8, 4) is 11.1 Å². The van der Waals surface area contributed by atoms with Gasteiger partial charge in [0, 0.05) is 10.5 Å². The number of nitrogens with one attached hydrogen (secondary N) is 1. The summed E-state index contributed by atoms with van der Waals surface area (Å²) in [5.74, 6) is -0.779. The van der Waals surface area contributed by atoms with E-state index < -0.39 is 10.8 Å². The summed E-state index contributed by atoms with van der Waals surface area (Å²) in [6.07, 6.45) is 0. The minimum absolute atomic E-state index is 0.146. The normalized spacial score (nSPS) is 12.3. The average molecular weight is 409 g/mol. The smallest absolute Gasteiger partial charge is 0.293 e. The van der Waals surface area contributed by atoms with Crippen molar-refractivity contribution < 1.29 is 9.72 Å². The summed E-state index contributed by atoms with van der Waals surface area (Å²) in [7, 11) is 0. The van der Waals surface area contributed by atoms with Gasteiger partial charge >= 0.3 is 0 Å². The predicted octanol–water partition coefficient (Wildman–Crippen LogP) is 5.11. The molecule has 0 aromatic heterocycles. The highest BCUT2D eigenvalue weighted by Crippen LogP contribution is 2.45. The molecule has 6 heteroatoms. The number of benzene rings is 3. The van der Waals surface area contributed by atoms with E-state index in [9.17, 15) is 14.9 Å². The molecule has 1 N–H and O–H groups in total. The van der Waals surface area contributed by atoms with Gasteiger partial charge in [-0.25, -0.2) is 0 Å². The minimum atomic E-state index is -0.503. The highest BCUT2D eigenvalue weighted by atomic mass is 79.9. The fourth-order valence-corrected chi connectivity index (χ4v) is 3.75. The Kier molecular flexibility index (Phi) is 4.05. The van der Waals surface area contributed by atoms with E-state index in [0.717, 1.165) is 22.3 Å². The molecule has 5 nitrogen and oxygen atoms in total. The zero-order valence-electron chi connectivity index (χ0n) is 13.5. The van der Waals surface area contributed by atoms with Crippen LogP contribution in [0.4, 0.5) is 11.4 Å². The van der Waals surface area contributed by atoms with E-state index in [1.165, 1.54) is 12.1 Å². The summed E-state index contributed by atoms with van der Waals surface area (Å²) in [6.45, 7) is 0. The van der Waals surface area contributed by atoms with E-state index in [2.05, 4.69) is 21.2 Å². The predicted molar refractivity (Wildman–Crippen MR) is 103 cm³/mol. The molecule has 0 aliphatic heterocycles. The maximum Gasteiger partial charge on any atom is 0.293 e. The third-order valence-electron chi connectivity index (χ3n) is 4.51. The molecule has 4 rings (SSSR count). The van der Waals surface area contributed by atoms with Crippen LogP contribution in [0.3, 0.4) is 0 Å². The number of nitro groups is 1. The zero-order valence-corrected chi connectivity index (χ0v) is 15.1. The maximum absolute atomic E-state index is 13.1. The second-order valence-corrected chi connectivity index (χ2v) is 6.93. The van der Waals surface area contributed by atoms with Crippen LogP contribution in [0.15, 0.2) is 71.2 Å². The molecular weight excluding hydrogens is 396 g/mol. The van der Waals surface area contributed by atoms with E-state index in [0.29, 0.717) is 4.47 Å². The van der Waals surface area contributed by atoms with Gasteiger partial charge in [-0.1, -0.05) is 64.5 Å². The van der Waals surface area contributed by atoms with Crippen LogP contribution < -0.4 is 5.32 Å². The standard InChI is InChI=1S/C20H13BrN2O3/c21-12-9-10-17(18(11-12)23(25)26)22-20(24)19-15-7-3-1-5-13(15)14-6-2-4-8-16(14)19/h1-11,19H,(H,22,24). The van der Waals surface area contributed by atoms with E-state index in [1.807, 2.05) is 48.5 Å². The van der Waals surface area contributed by atoms with Crippen molar-refractivity contribution in [3.63, 3.8) is 0 Å². The minimum Gasteiger partial charge on any atom is -0.320 e.